The number of aromatic nitrogens is 2. The van der Waals surface area contributed by atoms with Crippen molar-refractivity contribution in [3.05, 3.63) is 41.7 Å². The van der Waals surface area contributed by atoms with E-state index in [9.17, 15) is 22.8 Å². The van der Waals surface area contributed by atoms with E-state index < -0.39 is 23.4 Å². The van der Waals surface area contributed by atoms with Gasteiger partial charge >= 0.3 is 12.1 Å². The maximum absolute atomic E-state index is 13.5. The molecule has 1 aliphatic heterocycles. The van der Waals surface area contributed by atoms with Crippen LogP contribution in [0.15, 0.2) is 30.5 Å². The van der Waals surface area contributed by atoms with Crippen LogP contribution in [-0.2, 0) is 15.7 Å². The van der Waals surface area contributed by atoms with Crippen LogP contribution in [0, 0.1) is 0 Å². The summed E-state index contributed by atoms with van der Waals surface area (Å²) < 4.78 is 45.9. The number of halogens is 4. The Balaban J connectivity index is 0.00000300. The van der Waals surface area contributed by atoms with Crippen LogP contribution < -0.4 is 10.6 Å². The Labute approximate surface area is 171 Å². The van der Waals surface area contributed by atoms with Gasteiger partial charge in [0.2, 0.25) is 5.91 Å². The lowest BCUT2D eigenvalue weighted by Gasteiger charge is -2.14. The Morgan fingerprint density at radius 2 is 2.00 bits per heavy atom. The first-order valence-corrected chi connectivity index (χ1v) is 8.78. The van der Waals surface area contributed by atoms with Crippen LogP contribution in [0.1, 0.15) is 35.8 Å². The van der Waals surface area contributed by atoms with Crippen molar-refractivity contribution in [2.75, 3.05) is 18.5 Å². The summed E-state index contributed by atoms with van der Waals surface area (Å²) in [6.07, 6.45) is -2.32. The van der Waals surface area contributed by atoms with Crippen molar-refractivity contribution in [1.82, 2.24) is 15.1 Å². The Morgan fingerprint density at radius 3 is 2.55 bits per heavy atom. The third-order valence-corrected chi connectivity index (χ3v) is 4.29. The van der Waals surface area contributed by atoms with E-state index >= 15 is 0 Å². The molecule has 1 amide bonds. The second-order valence-electron chi connectivity index (χ2n) is 6.22. The SMILES string of the molecule is CCOC(=O)c1cnn(-c2ccc(NC(=O)C3CCCN3)cc2)c1C(F)(F)F.Cl. The summed E-state index contributed by atoms with van der Waals surface area (Å²) in [5, 5.41) is 9.50. The molecule has 0 spiro atoms. The predicted molar refractivity (Wildman–Crippen MR) is 101 cm³/mol. The van der Waals surface area contributed by atoms with E-state index in [0.717, 1.165) is 25.6 Å². The lowest BCUT2D eigenvalue weighted by atomic mass is 10.2. The van der Waals surface area contributed by atoms with Crippen molar-refractivity contribution in [1.29, 1.82) is 0 Å². The van der Waals surface area contributed by atoms with E-state index in [0.29, 0.717) is 10.4 Å². The van der Waals surface area contributed by atoms with Crippen LogP contribution in [0.4, 0.5) is 18.9 Å². The van der Waals surface area contributed by atoms with Gasteiger partial charge in [0.15, 0.2) is 5.69 Å². The van der Waals surface area contributed by atoms with Crippen LogP contribution in [0.3, 0.4) is 0 Å². The molecule has 2 aromatic rings. The summed E-state index contributed by atoms with van der Waals surface area (Å²) in [7, 11) is 0. The molecule has 0 aliphatic carbocycles. The van der Waals surface area contributed by atoms with Crippen LogP contribution in [0.25, 0.3) is 5.69 Å². The second-order valence-corrected chi connectivity index (χ2v) is 6.22. The molecule has 11 heteroatoms. The Hall–Kier alpha value is -2.59. The lowest BCUT2D eigenvalue weighted by Crippen LogP contribution is -2.35. The highest BCUT2D eigenvalue weighted by atomic mass is 35.5. The number of hydrogen-bond donors (Lipinski definition) is 2. The molecule has 1 saturated heterocycles. The smallest absolute Gasteiger partial charge is 0.434 e. The fraction of sp³-hybridized carbons (Fsp3) is 0.389. The molecule has 1 aromatic heterocycles. The molecule has 1 unspecified atom stereocenters. The molecule has 2 N–H and O–H groups in total. The van der Waals surface area contributed by atoms with Crippen LogP contribution in [-0.4, -0.2) is 40.9 Å². The zero-order valence-corrected chi connectivity index (χ0v) is 16.3. The van der Waals surface area contributed by atoms with Gasteiger partial charge in [0, 0.05) is 5.69 Å². The van der Waals surface area contributed by atoms with Gasteiger partial charge in [0.25, 0.3) is 0 Å². The number of carbonyl (C=O) groups is 2. The van der Waals surface area contributed by atoms with Crippen molar-refractivity contribution in [2.45, 2.75) is 32.0 Å². The van der Waals surface area contributed by atoms with E-state index in [1.807, 2.05) is 0 Å². The number of anilines is 1. The molecule has 29 heavy (non-hydrogen) atoms. The van der Waals surface area contributed by atoms with Crippen LogP contribution in [0.5, 0.6) is 0 Å². The van der Waals surface area contributed by atoms with Crippen molar-refractivity contribution in [3.63, 3.8) is 0 Å². The average Bonchev–Trinajstić information content (AvgIpc) is 3.32. The highest BCUT2D eigenvalue weighted by Crippen LogP contribution is 2.34. The minimum atomic E-state index is -4.81. The summed E-state index contributed by atoms with van der Waals surface area (Å²) in [6, 6.07) is 5.46. The molecule has 3 rings (SSSR count). The number of carbonyl (C=O) groups excluding carboxylic acids is 2. The molecule has 7 nitrogen and oxygen atoms in total. The lowest BCUT2D eigenvalue weighted by molar-refractivity contribution is -0.143. The minimum Gasteiger partial charge on any atom is -0.462 e. The van der Waals surface area contributed by atoms with E-state index in [1.54, 1.807) is 0 Å². The summed E-state index contributed by atoms with van der Waals surface area (Å²) in [5.74, 6) is -1.28. The van der Waals surface area contributed by atoms with E-state index in [4.69, 9.17) is 0 Å². The van der Waals surface area contributed by atoms with Gasteiger partial charge < -0.3 is 15.4 Å². The van der Waals surface area contributed by atoms with Crippen LogP contribution >= 0.6 is 12.4 Å². The number of esters is 1. The van der Waals surface area contributed by atoms with Gasteiger partial charge in [-0.05, 0) is 50.6 Å². The number of nitrogens with zero attached hydrogens (tertiary/aromatic N) is 2. The molecule has 1 fully saturated rings. The molecule has 2 heterocycles. The first-order valence-electron chi connectivity index (χ1n) is 8.78. The molecule has 0 saturated carbocycles. The average molecular weight is 433 g/mol. The van der Waals surface area contributed by atoms with Gasteiger partial charge in [-0.2, -0.15) is 18.3 Å². The first kappa shape index (κ1) is 22.7. The van der Waals surface area contributed by atoms with Gasteiger partial charge in [-0.25, -0.2) is 9.48 Å². The number of ether oxygens (including phenoxy) is 1. The fourth-order valence-corrected chi connectivity index (χ4v) is 3.00. The second kappa shape index (κ2) is 9.27. The highest BCUT2D eigenvalue weighted by molar-refractivity contribution is 5.95. The fourth-order valence-electron chi connectivity index (χ4n) is 3.00. The normalized spacial score (nSPS) is 16.2. The number of rotatable bonds is 5. The third-order valence-electron chi connectivity index (χ3n) is 4.29. The summed E-state index contributed by atoms with van der Waals surface area (Å²) in [6.45, 7) is 2.23. The predicted octanol–water partition coefficient (Wildman–Crippen LogP) is 3.18. The van der Waals surface area contributed by atoms with E-state index in [2.05, 4.69) is 20.5 Å². The quantitative estimate of drug-likeness (QED) is 0.709. The highest BCUT2D eigenvalue weighted by Gasteiger charge is 2.41. The van der Waals surface area contributed by atoms with Crippen molar-refractivity contribution >= 4 is 30.0 Å². The standard InChI is InChI=1S/C18H19F3N4O3.ClH/c1-2-28-17(27)13-10-23-25(15(13)18(19,20)21)12-7-5-11(6-8-12)24-16(26)14-4-3-9-22-14;/h5-8,10,14,22H,2-4,9H2,1H3,(H,24,26);1H. The number of nitrogens with one attached hydrogen (secondary N) is 2. The number of amides is 1. The minimum absolute atomic E-state index is 0. The third kappa shape index (κ3) is 5.07. The summed E-state index contributed by atoms with van der Waals surface area (Å²) >= 11 is 0. The van der Waals surface area contributed by atoms with Crippen LogP contribution in [0.2, 0.25) is 0 Å². The van der Waals surface area contributed by atoms with Crippen molar-refractivity contribution in [3.8, 4) is 5.69 Å². The number of benzene rings is 1. The molecular formula is C18H20ClF3N4O3. The molecular weight excluding hydrogens is 413 g/mol. The Bertz CT molecular complexity index is 862. The molecule has 0 bridgehead atoms. The first-order chi connectivity index (χ1) is 13.3. The zero-order chi connectivity index (χ0) is 20.3. The molecule has 1 atom stereocenters. The topological polar surface area (TPSA) is 85.2 Å². The maximum atomic E-state index is 13.5. The Morgan fingerprint density at radius 1 is 1.31 bits per heavy atom. The van der Waals surface area contributed by atoms with Gasteiger partial charge in [0.1, 0.15) is 5.56 Å². The zero-order valence-electron chi connectivity index (χ0n) is 15.5. The Kier molecular flexibility index (Phi) is 7.26. The molecule has 158 valence electrons. The van der Waals surface area contributed by atoms with E-state index in [-0.39, 0.29) is 36.7 Å². The largest absolute Gasteiger partial charge is 0.462 e. The van der Waals surface area contributed by atoms with Gasteiger partial charge in [0.05, 0.1) is 24.5 Å². The molecule has 0 radical (unpaired) electrons. The monoisotopic (exact) mass is 432 g/mol. The van der Waals surface area contributed by atoms with Gasteiger partial charge in [-0.15, -0.1) is 12.4 Å². The van der Waals surface area contributed by atoms with Crippen molar-refractivity contribution < 1.29 is 27.5 Å². The summed E-state index contributed by atoms with van der Waals surface area (Å²) in [4.78, 5) is 23.9. The molecule has 1 aromatic carbocycles. The van der Waals surface area contributed by atoms with Gasteiger partial charge in [-0.1, -0.05) is 0 Å². The summed E-state index contributed by atoms with van der Waals surface area (Å²) in [5.41, 5.74) is -1.31. The van der Waals surface area contributed by atoms with E-state index in [1.165, 1.54) is 31.2 Å². The van der Waals surface area contributed by atoms with Crippen molar-refractivity contribution in [2.24, 2.45) is 0 Å². The van der Waals surface area contributed by atoms with Gasteiger partial charge in [-0.3, -0.25) is 4.79 Å². The molecule has 1 aliphatic rings. The number of alkyl halides is 3. The maximum Gasteiger partial charge on any atom is 0.434 e. The number of hydrogen-bond acceptors (Lipinski definition) is 5.